The summed E-state index contributed by atoms with van der Waals surface area (Å²) in [5.74, 6) is 0.626. The lowest BCUT2D eigenvalue weighted by Crippen LogP contribution is -2.30. The molecule has 1 fully saturated rings. The Kier molecular flexibility index (Phi) is 3.35. The fraction of sp³-hybridized carbons (Fsp3) is 0.417. The van der Waals surface area contributed by atoms with Gasteiger partial charge in [-0.2, -0.15) is 0 Å². The lowest BCUT2D eigenvalue weighted by Gasteiger charge is -2.33. The first-order chi connectivity index (χ1) is 7.70. The van der Waals surface area contributed by atoms with Crippen LogP contribution in [0.15, 0.2) is 28.7 Å². The minimum atomic E-state index is -0.0578. The quantitative estimate of drug-likeness (QED) is 0.797. The number of rotatable bonds is 3. The van der Waals surface area contributed by atoms with Gasteiger partial charge in [0.15, 0.2) is 0 Å². The fourth-order valence-electron chi connectivity index (χ4n) is 2.09. The summed E-state index contributed by atoms with van der Waals surface area (Å²) < 4.78 is 1.07. The summed E-state index contributed by atoms with van der Waals surface area (Å²) in [4.78, 5) is 14.3. The standard InChI is InChI=1S/C12H12BrN2O/c13-11-3-1-8(2-4-11)9-5-10(6-9)12(16)7-15-14/h1-4,9-10H,5-7H2/q+1. The van der Waals surface area contributed by atoms with Crippen LogP contribution in [0.3, 0.4) is 0 Å². The third-order valence-corrected chi connectivity index (χ3v) is 3.69. The number of hydrogen-bond acceptors (Lipinski definition) is 2. The lowest BCUT2D eigenvalue weighted by atomic mass is 9.69. The molecular weight excluding hydrogens is 268 g/mol. The molecule has 16 heavy (non-hydrogen) atoms. The molecule has 0 aliphatic heterocycles. The maximum absolute atomic E-state index is 11.4. The molecule has 1 aliphatic carbocycles. The van der Waals surface area contributed by atoms with Crippen LogP contribution in [0.5, 0.6) is 0 Å². The molecule has 0 aromatic heterocycles. The van der Waals surface area contributed by atoms with Gasteiger partial charge in [0.1, 0.15) is 4.98 Å². The number of nitrogens with zero attached hydrogens (tertiary/aromatic N) is 2. The van der Waals surface area contributed by atoms with E-state index in [1.54, 1.807) is 0 Å². The van der Waals surface area contributed by atoms with E-state index in [0.29, 0.717) is 5.92 Å². The van der Waals surface area contributed by atoms with Gasteiger partial charge in [0.2, 0.25) is 11.2 Å². The minimum Gasteiger partial charge on any atom is -0.291 e. The molecule has 0 heterocycles. The van der Waals surface area contributed by atoms with Crippen LogP contribution in [0.4, 0.5) is 0 Å². The first-order valence-corrected chi connectivity index (χ1v) is 6.09. The van der Waals surface area contributed by atoms with Crippen LogP contribution in [0.25, 0.3) is 4.98 Å². The third-order valence-electron chi connectivity index (χ3n) is 3.16. The first-order valence-electron chi connectivity index (χ1n) is 5.29. The smallest absolute Gasteiger partial charge is 0.291 e. The highest BCUT2D eigenvalue weighted by molar-refractivity contribution is 9.10. The van der Waals surface area contributed by atoms with Gasteiger partial charge in [0.05, 0.1) is 0 Å². The van der Waals surface area contributed by atoms with E-state index in [2.05, 4.69) is 33.0 Å². The number of Topliss-reactive ketones (excluding diaryl/α,β-unsaturated/α-hetero) is 1. The van der Waals surface area contributed by atoms with E-state index in [1.165, 1.54) is 5.56 Å². The van der Waals surface area contributed by atoms with Crippen molar-refractivity contribution >= 4 is 21.7 Å². The lowest BCUT2D eigenvalue weighted by molar-refractivity contribution is -0.123. The summed E-state index contributed by atoms with van der Waals surface area (Å²) in [5.41, 5.74) is 1.29. The molecule has 0 atom stereocenters. The number of hydrogen-bond donors (Lipinski definition) is 0. The van der Waals surface area contributed by atoms with E-state index < -0.39 is 0 Å². The molecule has 0 bridgehead atoms. The summed E-state index contributed by atoms with van der Waals surface area (Å²) in [7, 11) is 0. The Morgan fingerprint density at radius 2 is 2.00 bits per heavy atom. The van der Waals surface area contributed by atoms with Gasteiger partial charge < -0.3 is 0 Å². The van der Waals surface area contributed by atoms with Crippen molar-refractivity contribution in [3.8, 4) is 0 Å². The second-order valence-corrected chi connectivity index (χ2v) is 5.10. The van der Waals surface area contributed by atoms with Crippen molar-refractivity contribution in [1.82, 2.24) is 0 Å². The number of halogens is 1. The van der Waals surface area contributed by atoms with Crippen LogP contribution in [-0.2, 0) is 4.79 Å². The number of ketones is 1. The van der Waals surface area contributed by atoms with Gasteiger partial charge >= 0.3 is 6.54 Å². The summed E-state index contributed by atoms with van der Waals surface area (Å²) in [6.45, 7) is -0.0578. The summed E-state index contributed by atoms with van der Waals surface area (Å²) >= 11 is 3.40. The molecule has 0 radical (unpaired) electrons. The fourth-order valence-corrected chi connectivity index (χ4v) is 2.35. The van der Waals surface area contributed by atoms with Gasteiger partial charge in [-0.25, -0.2) is 0 Å². The van der Waals surface area contributed by atoms with Crippen molar-refractivity contribution in [2.24, 2.45) is 5.92 Å². The summed E-state index contributed by atoms with van der Waals surface area (Å²) in [6, 6.07) is 8.22. The molecule has 1 aromatic carbocycles. The van der Waals surface area contributed by atoms with Gasteiger partial charge in [0.25, 0.3) is 0 Å². The Hall–Kier alpha value is -1.21. The van der Waals surface area contributed by atoms with Crippen molar-refractivity contribution in [3.05, 3.63) is 39.3 Å². The average Bonchev–Trinajstić information content (AvgIpc) is 2.19. The third kappa shape index (κ3) is 2.30. The maximum atomic E-state index is 11.4. The molecule has 3 nitrogen and oxygen atoms in total. The largest absolute Gasteiger partial charge is 0.362 e. The van der Waals surface area contributed by atoms with E-state index in [9.17, 15) is 4.79 Å². The SMILES string of the molecule is N#[N+]CC(=O)C1CC(c2ccc(Br)cc2)C1. The Morgan fingerprint density at radius 3 is 2.56 bits per heavy atom. The van der Waals surface area contributed by atoms with Gasteiger partial charge in [-0.05, 0) is 36.5 Å². The van der Waals surface area contributed by atoms with Crippen LogP contribution >= 0.6 is 15.9 Å². The molecule has 0 unspecified atom stereocenters. The van der Waals surface area contributed by atoms with Crippen molar-refractivity contribution in [3.63, 3.8) is 0 Å². The summed E-state index contributed by atoms with van der Waals surface area (Å²) in [6.07, 6.45) is 1.77. The highest BCUT2D eigenvalue weighted by Crippen LogP contribution is 2.42. The van der Waals surface area contributed by atoms with Crippen LogP contribution < -0.4 is 0 Å². The van der Waals surface area contributed by atoms with Crippen molar-refractivity contribution in [2.75, 3.05) is 6.54 Å². The van der Waals surface area contributed by atoms with E-state index in [1.807, 2.05) is 12.1 Å². The maximum Gasteiger partial charge on any atom is 0.362 e. The van der Waals surface area contributed by atoms with Gasteiger partial charge in [-0.15, -0.1) is 0 Å². The highest BCUT2D eigenvalue weighted by atomic mass is 79.9. The van der Waals surface area contributed by atoms with E-state index in [-0.39, 0.29) is 18.2 Å². The number of carbonyl (C=O) groups is 1. The van der Waals surface area contributed by atoms with Gasteiger partial charge in [-0.3, -0.25) is 4.79 Å². The van der Waals surface area contributed by atoms with Crippen molar-refractivity contribution in [2.45, 2.75) is 18.8 Å². The average molecular weight is 280 g/mol. The second kappa shape index (κ2) is 4.75. The Bertz CT molecular complexity index is 429. The van der Waals surface area contributed by atoms with Crippen LogP contribution in [0, 0.1) is 11.3 Å². The number of benzene rings is 1. The van der Waals surface area contributed by atoms with Crippen LogP contribution in [0.2, 0.25) is 0 Å². The Labute approximate surface area is 103 Å². The van der Waals surface area contributed by atoms with Crippen LogP contribution in [0.1, 0.15) is 24.3 Å². The number of carbonyl (C=O) groups excluding carboxylic acids is 1. The molecule has 0 saturated heterocycles. The van der Waals surface area contributed by atoms with Crippen molar-refractivity contribution < 1.29 is 4.79 Å². The zero-order valence-corrected chi connectivity index (χ0v) is 10.4. The topological polar surface area (TPSA) is 45.2 Å². The highest BCUT2D eigenvalue weighted by Gasteiger charge is 2.37. The molecule has 0 amide bonds. The zero-order valence-electron chi connectivity index (χ0n) is 8.77. The molecule has 2 rings (SSSR count). The molecule has 0 N–H and O–H groups in total. The molecular formula is C12H12BrN2O+. The zero-order chi connectivity index (χ0) is 11.5. The van der Waals surface area contributed by atoms with Crippen LogP contribution in [-0.4, -0.2) is 12.3 Å². The van der Waals surface area contributed by atoms with E-state index in [0.717, 1.165) is 17.3 Å². The number of diazo groups is 1. The Balaban J connectivity index is 1.91. The monoisotopic (exact) mass is 279 g/mol. The molecule has 1 aromatic rings. The molecule has 1 aliphatic rings. The second-order valence-electron chi connectivity index (χ2n) is 4.18. The summed E-state index contributed by atoms with van der Waals surface area (Å²) in [5, 5.41) is 8.32. The molecule has 1 saturated carbocycles. The van der Waals surface area contributed by atoms with Gasteiger partial charge in [-0.1, -0.05) is 28.1 Å². The predicted molar refractivity (Wildman–Crippen MR) is 64.6 cm³/mol. The normalized spacial score (nSPS) is 23.2. The molecule has 0 spiro atoms. The predicted octanol–water partition coefficient (Wildman–Crippen LogP) is 3.36. The first kappa shape index (κ1) is 11.3. The van der Waals surface area contributed by atoms with Crippen molar-refractivity contribution in [1.29, 1.82) is 5.39 Å². The minimum absolute atomic E-state index is 0.0517. The molecule has 4 heteroatoms. The Morgan fingerprint density at radius 1 is 1.38 bits per heavy atom. The molecule has 82 valence electrons. The van der Waals surface area contributed by atoms with E-state index >= 15 is 0 Å². The van der Waals surface area contributed by atoms with Gasteiger partial charge in [0, 0.05) is 10.4 Å². The van der Waals surface area contributed by atoms with E-state index in [4.69, 9.17) is 5.39 Å².